The number of para-hydroxylation sites is 1. The molecule has 6 nitrogen and oxygen atoms in total. The summed E-state index contributed by atoms with van der Waals surface area (Å²) in [6.07, 6.45) is 0.280. The fourth-order valence-electron chi connectivity index (χ4n) is 3.27. The highest BCUT2D eigenvalue weighted by Crippen LogP contribution is 2.33. The van der Waals surface area contributed by atoms with Crippen LogP contribution in [0, 0.1) is 0 Å². The zero-order chi connectivity index (χ0) is 19.4. The van der Waals surface area contributed by atoms with Crippen LogP contribution in [0.5, 0.6) is 0 Å². The Balaban J connectivity index is 2.02. The summed E-state index contributed by atoms with van der Waals surface area (Å²) < 4.78 is 0. The van der Waals surface area contributed by atoms with Crippen molar-refractivity contribution in [3.8, 4) is 0 Å². The highest BCUT2D eigenvalue weighted by molar-refractivity contribution is 6.01. The monoisotopic (exact) mass is 364 g/mol. The summed E-state index contributed by atoms with van der Waals surface area (Å²) in [5.74, 6) is -0.257. The van der Waals surface area contributed by atoms with Crippen LogP contribution in [0.3, 0.4) is 0 Å². The van der Waals surface area contributed by atoms with E-state index in [1.807, 2.05) is 55.5 Å². The molecule has 0 unspecified atom stereocenters. The molecule has 0 aliphatic carbocycles. The summed E-state index contributed by atoms with van der Waals surface area (Å²) in [5.41, 5.74) is 16.8. The van der Waals surface area contributed by atoms with Crippen LogP contribution in [0.2, 0.25) is 0 Å². The van der Waals surface area contributed by atoms with Crippen molar-refractivity contribution in [1.29, 1.82) is 0 Å². The first-order valence-electron chi connectivity index (χ1n) is 9.03. The molecule has 3 rings (SSSR count). The normalized spacial score (nSPS) is 16.0. The standard InChI is InChI=1S/C21H24N4O2/c1-2-24-18(26)11-12-19(27)25-13-14-7-3-4-8-15(14)20(22)21(23)16-9-5-6-10-17(16)25/h3-10H,2,11-13,22-23H2,1H3,(H,24,26)/b21-20-. The van der Waals surface area contributed by atoms with Crippen LogP contribution in [0.15, 0.2) is 48.5 Å². The van der Waals surface area contributed by atoms with Gasteiger partial charge in [-0.15, -0.1) is 0 Å². The van der Waals surface area contributed by atoms with Crippen LogP contribution in [0.25, 0.3) is 11.4 Å². The lowest BCUT2D eigenvalue weighted by Gasteiger charge is -2.29. The van der Waals surface area contributed by atoms with Gasteiger partial charge in [-0.2, -0.15) is 0 Å². The topological polar surface area (TPSA) is 101 Å². The number of benzene rings is 2. The lowest BCUT2D eigenvalue weighted by molar-refractivity contribution is -0.125. The first kappa shape index (κ1) is 18.5. The van der Waals surface area contributed by atoms with Crippen LogP contribution >= 0.6 is 0 Å². The van der Waals surface area contributed by atoms with E-state index in [1.54, 1.807) is 4.90 Å². The molecule has 0 radical (unpaired) electrons. The minimum Gasteiger partial charge on any atom is -0.397 e. The smallest absolute Gasteiger partial charge is 0.227 e. The zero-order valence-corrected chi connectivity index (χ0v) is 15.4. The number of nitrogens with two attached hydrogens (primary N) is 2. The summed E-state index contributed by atoms with van der Waals surface area (Å²) in [6.45, 7) is 2.77. The van der Waals surface area contributed by atoms with Crippen molar-refractivity contribution < 1.29 is 9.59 Å². The molecule has 0 fully saturated rings. The summed E-state index contributed by atoms with van der Waals surface area (Å²) in [4.78, 5) is 26.4. The number of nitrogens with zero attached hydrogens (tertiary/aromatic N) is 1. The molecule has 1 aliphatic heterocycles. The predicted octanol–water partition coefficient (Wildman–Crippen LogP) is 2.19. The van der Waals surface area contributed by atoms with Crippen molar-refractivity contribution in [2.75, 3.05) is 11.4 Å². The zero-order valence-electron chi connectivity index (χ0n) is 15.4. The number of nitrogens with one attached hydrogen (secondary N) is 1. The van der Waals surface area contributed by atoms with E-state index in [0.29, 0.717) is 30.2 Å². The summed E-state index contributed by atoms with van der Waals surface area (Å²) in [7, 11) is 0. The lowest BCUT2D eigenvalue weighted by Crippen LogP contribution is -2.34. The Hall–Kier alpha value is -3.28. The highest BCUT2D eigenvalue weighted by atomic mass is 16.2. The fourth-order valence-corrected chi connectivity index (χ4v) is 3.27. The number of carbonyl (C=O) groups excluding carboxylic acids is 2. The van der Waals surface area contributed by atoms with Crippen molar-refractivity contribution >= 4 is 28.9 Å². The summed E-state index contributed by atoms with van der Waals surface area (Å²) in [6, 6.07) is 15.1. The second-order valence-corrected chi connectivity index (χ2v) is 6.44. The third-order valence-corrected chi connectivity index (χ3v) is 4.65. The molecule has 0 saturated carbocycles. The van der Waals surface area contributed by atoms with Gasteiger partial charge in [0.15, 0.2) is 0 Å². The number of anilines is 1. The van der Waals surface area contributed by atoms with Crippen molar-refractivity contribution in [3.63, 3.8) is 0 Å². The van der Waals surface area contributed by atoms with Gasteiger partial charge < -0.3 is 21.7 Å². The largest absolute Gasteiger partial charge is 0.397 e. The van der Waals surface area contributed by atoms with E-state index >= 15 is 0 Å². The maximum absolute atomic E-state index is 13.0. The van der Waals surface area contributed by atoms with Crippen LogP contribution in [-0.4, -0.2) is 18.4 Å². The van der Waals surface area contributed by atoms with Crippen LogP contribution in [0.1, 0.15) is 36.5 Å². The summed E-state index contributed by atoms with van der Waals surface area (Å²) in [5, 5.41) is 2.72. The van der Waals surface area contributed by atoms with Gasteiger partial charge in [0, 0.05) is 30.5 Å². The Morgan fingerprint density at radius 1 is 0.963 bits per heavy atom. The molecule has 6 heteroatoms. The Labute approximate surface area is 158 Å². The average Bonchev–Trinajstić information content (AvgIpc) is 2.69. The summed E-state index contributed by atoms with van der Waals surface area (Å²) >= 11 is 0. The number of fused-ring (bicyclic) bond motifs is 2. The molecule has 0 saturated heterocycles. The minimum absolute atomic E-state index is 0.126. The molecule has 5 N–H and O–H groups in total. The van der Waals surface area contributed by atoms with Crippen LogP contribution in [0.4, 0.5) is 5.69 Å². The van der Waals surface area contributed by atoms with Crippen LogP contribution in [-0.2, 0) is 16.1 Å². The quantitative estimate of drug-likeness (QED) is 0.774. The maximum atomic E-state index is 13.0. The first-order valence-corrected chi connectivity index (χ1v) is 9.03. The van der Waals surface area contributed by atoms with E-state index in [2.05, 4.69) is 5.32 Å². The molecule has 0 aromatic heterocycles. The molecular weight excluding hydrogens is 340 g/mol. The van der Waals surface area contributed by atoms with Crippen molar-refractivity contribution in [3.05, 3.63) is 65.2 Å². The predicted molar refractivity (Wildman–Crippen MR) is 107 cm³/mol. The number of rotatable bonds is 4. The first-order chi connectivity index (χ1) is 13.0. The van der Waals surface area contributed by atoms with E-state index in [-0.39, 0.29) is 24.7 Å². The molecule has 1 heterocycles. The Morgan fingerprint density at radius 3 is 2.33 bits per heavy atom. The third kappa shape index (κ3) is 3.79. The van der Waals surface area contributed by atoms with E-state index < -0.39 is 0 Å². The molecule has 0 bridgehead atoms. The van der Waals surface area contributed by atoms with Crippen LogP contribution < -0.4 is 21.7 Å². The van der Waals surface area contributed by atoms with E-state index in [0.717, 1.165) is 16.7 Å². The molecule has 2 amide bonds. The van der Waals surface area contributed by atoms with E-state index in [9.17, 15) is 9.59 Å². The second-order valence-electron chi connectivity index (χ2n) is 6.44. The van der Waals surface area contributed by atoms with Gasteiger partial charge >= 0.3 is 0 Å². The number of carbonyl (C=O) groups is 2. The van der Waals surface area contributed by atoms with Gasteiger partial charge in [-0.05, 0) is 18.6 Å². The average molecular weight is 364 g/mol. The van der Waals surface area contributed by atoms with E-state index in [4.69, 9.17) is 11.5 Å². The second kappa shape index (κ2) is 7.95. The Bertz CT molecular complexity index is 905. The van der Waals surface area contributed by atoms with Crippen molar-refractivity contribution in [1.82, 2.24) is 5.32 Å². The Kier molecular flexibility index (Phi) is 5.45. The molecule has 0 atom stereocenters. The van der Waals surface area contributed by atoms with Gasteiger partial charge in [0.2, 0.25) is 11.8 Å². The molecule has 0 spiro atoms. The SMILES string of the molecule is CCNC(=O)CCC(=O)N1Cc2ccccc2/C(N)=C(/N)c2ccccc21. The maximum Gasteiger partial charge on any atom is 0.227 e. The molecule has 1 aliphatic rings. The van der Waals surface area contributed by atoms with Gasteiger partial charge in [0.25, 0.3) is 0 Å². The van der Waals surface area contributed by atoms with E-state index in [1.165, 1.54) is 0 Å². The molecule has 27 heavy (non-hydrogen) atoms. The number of hydrogen-bond donors (Lipinski definition) is 3. The number of amides is 2. The highest BCUT2D eigenvalue weighted by Gasteiger charge is 2.25. The number of hydrogen-bond acceptors (Lipinski definition) is 4. The van der Waals surface area contributed by atoms with Gasteiger partial charge in [-0.1, -0.05) is 42.5 Å². The third-order valence-electron chi connectivity index (χ3n) is 4.65. The molecule has 2 aromatic rings. The fraction of sp³-hybridized carbons (Fsp3) is 0.238. The van der Waals surface area contributed by atoms with Gasteiger partial charge in [-0.3, -0.25) is 9.59 Å². The molecule has 140 valence electrons. The van der Waals surface area contributed by atoms with Crippen molar-refractivity contribution in [2.24, 2.45) is 11.5 Å². The minimum atomic E-state index is -0.129. The lowest BCUT2D eigenvalue weighted by atomic mass is 9.96. The Morgan fingerprint density at radius 2 is 1.59 bits per heavy atom. The van der Waals surface area contributed by atoms with Gasteiger partial charge in [-0.25, -0.2) is 0 Å². The van der Waals surface area contributed by atoms with Gasteiger partial charge in [0.05, 0.1) is 23.6 Å². The molecular formula is C21H24N4O2. The van der Waals surface area contributed by atoms with Crippen molar-refractivity contribution in [2.45, 2.75) is 26.3 Å². The van der Waals surface area contributed by atoms with Gasteiger partial charge in [0.1, 0.15) is 0 Å². The molecule has 2 aromatic carbocycles.